The quantitative estimate of drug-likeness (QED) is 0.648. The highest BCUT2D eigenvalue weighted by Gasteiger charge is 2.69. The Morgan fingerprint density at radius 3 is 2.60 bits per heavy atom. The Labute approximate surface area is 88.9 Å². The van der Waals surface area contributed by atoms with Crippen LogP contribution in [0, 0.1) is 17.3 Å². The van der Waals surface area contributed by atoms with Gasteiger partial charge in [0.15, 0.2) is 0 Å². The molecule has 3 saturated carbocycles. The van der Waals surface area contributed by atoms with Crippen LogP contribution in [-0.2, 0) is 9.59 Å². The van der Waals surface area contributed by atoms with E-state index < -0.39 is 11.0 Å². The third-order valence-electron chi connectivity index (χ3n) is 4.89. The summed E-state index contributed by atoms with van der Waals surface area (Å²) in [6, 6.07) is 0. The smallest absolute Gasteiger partial charge is 0.142 e. The molecule has 0 radical (unpaired) electrons. The van der Waals surface area contributed by atoms with Crippen molar-refractivity contribution in [3.8, 4) is 0 Å². The van der Waals surface area contributed by atoms with Gasteiger partial charge in [0.2, 0.25) is 0 Å². The number of aliphatic hydroxyl groups is 1. The van der Waals surface area contributed by atoms with Crippen molar-refractivity contribution < 1.29 is 14.7 Å². The van der Waals surface area contributed by atoms with Crippen molar-refractivity contribution in [1.82, 2.24) is 0 Å². The zero-order chi connectivity index (χ0) is 10.8. The molecule has 1 N–H and O–H groups in total. The third-order valence-corrected chi connectivity index (χ3v) is 4.89. The van der Waals surface area contributed by atoms with Crippen molar-refractivity contribution in [3.05, 3.63) is 0 Å². The molecule has 0 heterocycles. The Morgan fingerprint density at radius 2 is 2.00 bits per heavy atom. The summed E-state index contributed by atoms with van der Waals surface area (Å²) in [5.74, 6) is 0.219. The van der Waals surface area contributed by atoms with Gasteiger partial charge in [-0.25, -0.2) is 0 Å². The molecular formula is C12H16O3. The lowest BCUT2D eigenvalue weighted by molar-refractivity contribution is -0.158. The lowest BCUT2D eigenvalue weighted by Crippen LogP contribution is -2.55. The van der Waals surface area contributed by atoms with Gasteiger partial charge in [-0.3, -0.25) is 9.59 Å². The van der Waals surface area contributed by atoms with Gasteiger partial charge in [0.05, 0.1) is 16.9 Å². The Balaban J connectivity index is 2.05. The van der Waals surface area contributed by atoms with Crippen LogP contribution in [0.4, 0.5) is 0 Å². The molecule has 3 atom stereocenters. The largest absolute Gasteiger partial charge is 0.388 e. The predicted molar refractivity (Wildman–Crippen MR) is 53.1 cm³/mol. The van der Waals surface area contributed by atoms with E-state index in [0.717, 1.165) is 19.3 Å². The van der Waals surface area contributed by atoms with Crippen LogP contribution in [0.3, 0.4) is 0 Å². The minimum Gasteiger partial charge on any atom is -0.388 e. The highest BCUT2D eigenvalue weighted by molar-refractivity contribution is 5.95. The summed E-state index contributed by atoms with van der Waals surface area (Å²) < 4.78 is 0. The summed E-state index contributed by atoms with van der Waals surface area (Å²) in [4.78, 5) is 23.7. The average Bonchev–Trinajstić information content (AvgIpc) is 2.87. The Hall–Kier alpha value is -0.700. The van der Waals surface area contributed by atoms with Gasteiger partial charge in [-0.2, -0.15) is 0 Å². The molecule has 3 rings (SSSR count). The second-order valence-electron chi connectivity index (χ2n) is 5.60. The summed E-state index contributed by atoms with van der Waals surface area (Å²) in [5.41, 5.74) is -1.62. The molecule has 0 saturated heterocycles. The number of carbonyl (C=O) groups is 2. The molecule has 3 heteroatoms. The molecule has 3 nitrogen and oxygen atoms in total. The van der Waals surface area contributed by atoms with E-state index >= 15 is 0 Å². The third kappa shape index (κ3) is 0.949. The molecule has 0 aromatic rings. The fourth-order valence-electron chi connectivity index (χ4n) is 3.83. The van der Waals surface area contributed by atoms with E-state index in [4.69, 9.17) is 0 Å². The standard InChI is InChI=1S/C12H16O3/c1-11(15)10-7(2-3-8(10)13)6-9(14)12(11)4-5-12/h7,10,15H,2-6H2,1H3/t7-,10+,11-/m0/s1. The van der Waals surface area contributed by atoms with Crippen LogP contribution < -0.4 is 0 Å². The first-order valence-electron chi connectivity index (χ1n) is 5.77. The normalized spacial score (nSPS) is 47.1. The molecule has 0 unspecified atom stereocenters. The molecule has 0 aromatic carbocycles. The minimum absolute atomic E-state index is 0.117. The van der Waals surface area contributed by atoms with Crippen molar-refractivity contribution in [2.75, 3.05) is 0 Å². The van der Waals surface area contributed by atoms with E-state index in [1.54, 1.807) is 6.92 Å². The average molecular weight is 208 g/mol. The number of hydrogen-bond donors (Lipinski definition) is 1. The Bertz CT molecular complexity index is 352. The number of carbonyl (C=O) groups excluding carboxylic acids is 2. The van der Waals surface area contributed by atoms with Crippen LogP contribution in [0.2, 0.25) is 0 Å². The molecule has 3 fully saturated rings. The van der Waals surface area contributed by atoms with E-state index in [9.17, 15) is 14.7 Å². The molecular weight excluding hydrogens is 192 g/mol. The summed E-state index contributed by atoms with van der Waals surface area (Å²) >= 11 is 0. The maximum Gasteiger partial charge on any atom is 0.142 e. The van der Waals surface area contributed by atoms with Crippen LogP contribution in [0.5, 0.6) is 0 Å². The van der Waals surface area contributed by atoms with Crippen molar-refractivity contribution in [2.24, 2.45) is 17.3 Å². The number of fused-ring (bicyclic) bond motifs is 1. The van der Waals surface area contributed by atoms with Gasteiger partial charge in [-0.1, -0.05) is 0 Å². The summed E-state index contributed by atoms with van der Waals surface area (Å²) in [5, 5.41) is 10.5. The molecule has 0 bridgehead atoms. The van der Waals surface area contributed by atoms with E-state index in [0.29, 0.717) is 12.8 Å². The molecule has 15 heavy (non-hydrogen) atoms. The number of Topliss-reactive ketones (excluding diaryl/α,β-unsaturated/α-hetero) is 2. The number of ketones is 2. The van der Waals surface area contributed by atoms with Gasteiger partial charge in [0, 0.05) is 12.8 Å². The number of rotatable bonds is 0. The molecule has 3 aliphatic carbocycles. The maximum atomic E-state index is 12.0. The SMILES string of the molecule is C[C@]1(O)[C@H]2C(=O)CC[C@H]2CC(=O)C12CC2. The first-order chi connectivity index (χ1) is 6.99. The minimum atomic E-state index is -1.07. The lowest BCUT2D eigenvalue weighted by Gasteiger charge is -2.44. The van der Waals surface area contributed by atoms with E-state index in [1.165, 1.54) is 0 Å². The molecule has 0 amide bonds. The van der Waals surface area contributed by atoms with Crippen LogP contribution in [-0.4, -0.2) is 22.3 Å². The van der Waals surface area contributed by atoms with Crippen molar-refractivity contribution in [3.63, 3.8) is 0 Å². The highest BCUT2D eigenvalue weighted by Crippen LogP contribution is 2.64. The first kappa shape index (κ1) is 9.52. The van der Waals surface area contributed by atoms with Crippen molar-refractivity contribution in [1.29, 1.82) is 0 Å². The summed E-state index contributed by atoms with van der Waals surface area (Å²) in [6.45, 7) is 1.71. The van der Waals surface area contributed by atoms with Crippen LogP contribution in [0.15, 0.2) is 0 Å². The molecule has 82 valence electrons. The van der Waals surface area contributed by atoms with Gasteiger partial charge in [0.25, 0.3) is 0 Å². The van der Waals surface area contributed by atoms with Crippen LogP contribution >= 0.6 is 0 Å². The maximum absolute atomic E-state index is 12.0. The molecule has 0 aromatic heterocycles. The highest BCUT2D eigenvalue weighted by atomic mass is 16.3. The predicted octanol–water partition coefficient (Wildman–Crippen LogP) is 1.09. The van der Waals surface area contributed by atoms with E-state index in [1.807, 2.05) is 0 Å². The fourth-order valence-corrected chi connectivity index (χ4v) is 3.83. The monoisotopic (exact) mass is 208 g/mol. The number of hydrogen-bond acceptors (Lipinski definition) is 3. The second-order valence-corrected chi connectivity index (χ2v) is 5.60. The Morgan fingerprint density at radius 1 is 1.33 bits per heavy atom. The molecule has 0 aliphatic heterocycles. The van der Waals surface area contributed by atoms with Crippen LogP contribution in [0.1, 0.15) is 39.0 Å². The first-order valence-corrected chi connectivity index (χ1v) is 5.77. The second kappa shape index (κ2) is 2.51. The van der Waals surface area contributed by atoms with E-state index in [2.05, 4.69) is 0 Å². The molecule has 3 aliphatic rings. The van der Waals surface area contributed by atoms with Gasteiger partial charge in [-0.05, 0) is 32.1 Å². The summed E-state index contributed by atoms with van der Waals surface area (Å²) in [7, 11) is 0. The van der Waals surface area contributed by atoms with Gasteiger partial charge in [-0.15, -0.1) is 0 Å². The van der Waals surface area contributed by atoms with Crippen molar-refractivity contribution >= 4 is 11.6 Å². The zero-order valence-electron chi connectivity index (χ0n) is 8.95. The van der Waals surface area contributed by atoms with Crippen molar-refractivity contribution in [2.45, 2.75) is 44.6 Å². The fraction of sp³-hybridized carbons (Fsp3) is 0.833. The van der Waals surface area contributed by atoms with Gasteiger partial charge < -0.3 is 5.11 Å². The Kier molecular flexibility index (Phi) is 1.59. The topological polar surface area (TPSA) is 54.4 Å². The summed E-state index contributed by atoms with van der Waals surface area (Å²) in [6.07, 6.45) is 3.41. The van der Waals surface area contributed by atoms with E-state index in [-0.39, 0.29) is 23.4 Å². The van der Waals surface area contributed by atoms with Gasteiger partial charge in [0.1, 0.15) is 11.6 Å². The molecule has 1 spiro atoms. The van der Waals surface area contributed by atoms with Crippen LogP contribution in [0.25, 0.3) is 0 Å². The lowest BCUT2D eigenvalue weighted by atomic mass is 9.62. The zero-order valence-corrected chi connectivity index (χ0v) is 8.95. The van der Waals surface area contributed by atoms with Gasteiger partial charge >= 0.3 is 0 Å².